The molecule has 2 aliphatic rings. The number of hydrazine groups is 1. The van der Waals surface area contributed by atoms with Gasteiger partial charge < -0.3 is 10.4 Å². The molecule has 0 radical (unpaired) electrons. The zero-order valence-corrected chi connectivity index (χ0v) is 10.5. The molecule has 18 heavy (non-hydrogen) atoms. The lowest BCUT2D eigenvalue weighted by Crippen LogP contribution is -2.52. The predicted molar refractivity (Wildman–Crippen MR) is 65.9 cm³/mol. The van der Waals surface area contributed by atoms with E-state index < -0.39 is 5.97 Å². The van der Waals surface area contributed by atoms with E-state index in [1.165, 1.54) is 6.42 Å². The van der Waals surface area contributed by atoms with Crippen molar-refractivity contribution < 1.29 is 14.7 Å². The van der Waals surface area contributed by atoms with E-state index in [2.05, 4.69) is 10.7 Å². The number of aliphatic carboxylic acids is 1. The number of amides is 2. The predicted octanol–water partition coefficient (Wildman–Crippen LogP) is 0.940. The average Bonchev–Trinajstić information content (AvgIpc) is 3.12. The number of nitrogens with zero attached hydrogens (tertiary/aromatic N) is 1. The second kappa shape index (κ2) is 6.04. The number of carbonyl (C=O) groups excluding carboxylic acids is 1. The van der Waals surface area contributed by atoms with E-state index in [4.69, 9.17) is 5.11 Å². The SMILES string of the molecule is O=C(O)CC(NC(=O)NN1CCCCC1)C1CC1. The molecule has 0 spiro atoms. The molecule has 6 heteroatoms. The van der Waals surface area contributed by atoms with Gasteiger partial charge in [-0.15, -0.1) is 0 Å². The van der Waals surface area contributed by atoms with E-state index in [0.717, 1.165) is 38.8 Å². The lowest BCUT2D eigenvalue weighted by atomic mass is 10.1. The highest BCUT2D eigenvalue weighted by atomic mass is 16.4. The maximum absolute atomic E-state index is 11.8. The fraction of sp³-hybridized carbons (Fsp3) is 0.833. The first-order valence-electron chi connectivity index (χ1n) is 6.69. The zero-order valence-electron chi connectivity index (χ0n) is 10.5. The summed E-state index contributed by atoms with van der Waals surface area (Å²) in [6.07, 6.45) is 5.45. The van der Waals surface area contributed by atoms with Crippen molar-refractivity contribution in [1.82, 2.24) is 15.8 Å². The third-order valence-corrected chi connectivity index (χ3v) is 3.52. The number of rotatable bonds is 5. The van der Waals surface area contributed by atoms with Crippen LogP contribution in [0.15, 0.2) is 0 Å². The molecule has 1 unspecified atom stereocenters. The first-order valence-corrected chi connectivity index (χ1v) is 6.69. The van der Waals surface area contributed by atoms with Gasteiger partial charge in [0.2, 0.25) is 0 Å². The van der Waals surface area contributed by atoms with Crippen molar-refractivity contribution in [2.24, 2.45) is 5.92 Å². The van der Waals surface area contributed by atoms with Crippen molar-refractivity contribution in [2.75, 3.05) is 13.1 Å². The van der Waals surface area contributed by atoms with Gasteiger partial charge in [0.25, 0.3) is 0 Å². The minimum Gasteiger partial charge on any atom is -0.481 e. The van der Waals surface area contributed by atoms with Gasteiger partial charge in [-0.1, -0.05) is 6.42 Å². The monoisotopic (exact) mass is 255 g/mol. The first kappa shape index (κ1) is 13.1. The summed E-state index contributed by atoms with van der Waals surface area (Å²) in [5.74, 6) is -0.515. The number of hydrogen-bond acceptors (Lipinski definition) is 3. The Morgan fingerprint density at radius 2 is 1.89 bits per heavy atom. The molecule has 1 saturated carbocycles. The average molecular weight is 255 g/mol. The Balaban J connectivity index is 1.75. The van der Waals surface area contributed by atoms with Crippen LogP contribution >= 0.6 is 0 Å². The van der Waals surface area contributed by atoms with E-state index >= 15 is 0 Å². The minimum absolute atomic E-state index is 0.0120. The number of hydrogen-bond donors (Lipinski definition) is 3. The quantitative estimate of drug-likeness (QED) is 0.683. The number of carbonyl (C=O) groups is 2. The Hall–Kier alpha value is -1.30. The lowest BCUT2D eigenvalue weighted by Gasteiger charge is -2.28. The second-order valence-electron chi connectivity index (χ2n) is 5.17. The zero-order chi connectivity index (χ0) is 13.0. The van der Waals surface area contributed by atoms with Crippen molar-refractivity contribution in [1.29, 1.82) is 0 Å². The smallest absolute Gasteiger partial charge is 0.329 e. The molecule has 1 aliphatic heterocycles. The summed E-state index contributed by atoms with van der Waals surface area (Å²) < 4.78 is 0. The van der Waals surface area contributed by atoms with Gasteiger partial charge in [0.05, 0.1) is 6.42 Å². The fourth-order valence-corrected chi connectivity index (χ4v) is 2.37. The molecule has 0 aromatic heterocycles. The van der Waals surface area contributed by atoms with Crippen LogP contribution in [0.25, 0.3) is 0 Å². The van der Waals surface area contributed by atoms with E-state index in [1.54, 1.807) is 0 Å². The van der Waals surface area contributed by atoms with Crippen molar-refractivity contribution in [3.63, 3.8) is 0 Å². The van der Waals surface area contributed by atoms with Crippen molar-refractivity contribution in [3.8, 4) is 0 Å². The summed E-state index contributed by atoms with van der Waals surface area (Å²) in [5, 5.41) is 13.5. The molecule has 0 bridgehead atoms. The van der Waals surface area contributed by atoms with Gasteiger partial charge in [0, 0.05) is 19.1 Å². The highest BCUT2D eigenvalue weighted by molar-refractivity contribution is 5.75. The first-order chi connectivity index (χ1) is 8.65. The molecule has 3 N–H and O–H groups in total. The topological polar surface area (TPSA) is 81.7 Å². The Bertz CT molecular complexity index is 312. The number of carboxylic acid groups (broad SMARTS) is 1. The van der Waals surface area contributed by atoms with Crippen molar-refractivity contribution in [2.45, 2.75) is 44.6 Å². The summed E-state index contributed by atoms with van der Waals surface area (Å²) in [6, 6.07) is -0.498. The molecule has 0 aromatic rings. The van der Waals surface area contributed by atoms with E-state index in [0.29, 0.717) is 5.92 Å². The number of nitrogens with one attached hydrogen (secondary N) is 2. The molecule has 6 nitrogen and oxygen atoms in total. The van der Waals surface area contributed by atoms with Gasteiger partial charge in [-0.3, -0.25) is 10.2 Å². The fourth-order valence-electron chi connectivity index (χ4n) is 2.37. The van der Waals surface area contributed by atoms with Crippen LogP contribution in [0.1, 0.15) is 38.5 Å². The normalized spacial score (nSPS) is 22.2. The maximum Gasteiger partial charge on any atom is 0.329 e. The highest BCUT2D eigenvalue weighted by Crippen LogP contribution is 2.33. The van der Waals surface area contributed by atoms with Crippen LogP contribution in [0.4, 0.5) is 4.79 Å². The minimum atomic E-state index is -0.856. The van der Waals surface area contributed by atoms with Crippen molar-refractivity contribution in [3.05, 3.63) is 0 Å². The summed E-state index contributed by atoms with van der Waals surface area (Å²) >= 11 is 0. The van der Waals surface area contributed by atoms with Gasteiger partial charge >= 0.3 is 12.0 Å². The lowest BCUT2D eigenvalue weighted by molar-refractivity contribution is -0.137. The molecular weight excluding hydrogens is 234 g/mol. The van der Waals surface area contributed by atoms with Crippen LogP contribution in [0.2, 0.25) is 0 Å². The van der Waals surface area contributed by atoms with Crippen LogP contribution < -0.4 is 10.7 Å². The molecule has 1 atom stereocenters. The van der Waals surface area contributed by atoms with Gasteiger partial charge in [0.1, 0.15) is 0 Å². The van der Waals surface area contributed by atoms with Gasteiger partial charge in [-0.2, -0.15) is 0 Å². The summed E-state index contributed by atoms with van der Waals surface area (Å²) in [4.78, 5) is 22.5. The molecular formula is C12H21N3O3. The van der Waals surface area contributed by atoms with Crippen LogP contribution in [0.3, 0.4) is 0 Å². The van der Waals surface area contributed by atoms with Gasteiger partial charge in [-0.25, -0.2) is 9.80 Å². The molecule has 2 rings (SSSR count). The largest absolute Gasteiger partial charge is 0.481 e. The third-order valence-electron chi connectivity index (χ3n) is 3.52. The standard InChI is InChI=1S/C12H21N3O3/c16-11(17)8-10(9-4-5-9)13-12(18)14-15-6-2-1-3-7-15/h9-10H,1-8H2,(H,16,17)(H2,13,14,18). The van der Waals surface area contributed by atoms with Crippen LogP contribution in [-0.4, -0.2) is 41.2 Å². The van der Waals surface area contributed by atoms with E-state index in [-0.39, 0.29) is 18.5 Å². The maximum atomic E-state index is 11.8. The van der Waals surface area contributed by atoms with Gasteiger partial charge in [0.15, 0.2) is 0 Å². The van der Waals surface area contributed by atoms with Gasteiger partial charge in [-0.05, 0) is 31.6 Å². The highest BCUT2D eigenvalue weighted by Gasteiger charge is 2.33. The molecule has 1 saturated heterocycles. The summed E-state index contributed by atoms with van der Waals surface area (Å²) in [5.41, 5.74) is 2.80. The Labute approximate surface area is 107 Å². The van der Waals surface area contributed by atoms with Crippen LogP contribution in [0.5, 0.6) is 0 Å². The number of carboxylic acids is 1. The molecule has 102 valence electrons. The third kappa shape index (κ3) is 4.18. The molecule has 0 aromatic carbocycles. The van der Waals surface area contributed by atoms with Crippen LogP contribution in [0, 0.1) is 5.92 Å². The number of urea groups is 1. The Kier molecular flexibility index (Phi) is 4.41. The Morgan fingerprint density at radius 3 is 2.44 bits per heavy atom. The van der Waals surface area contributed by atoms with E-state index in [1.807, 2.05) is 5.01 Å². The molecule has 1 aliphatic carbocycles. The van der Waals surface area contributed by atoms with Crippen LogP contribution in [-0.2, 0) is 4.79 Å². The second-order valence-corrected chi connectivity index (χ2v) is 5.17. The van der Waals surface area contributed by atoms with Crippen molar-refractivity contribution >= 4 is 12.0 Å². The number of piperidine rings is 1. The summed E-state index contributed by atoms with van der Waals surface area (Å²) in [6.45, 7) is 1.75. The van der Waals surface area contributed by atoms with E-state index in [9.17, 15) is 9.59 Å². The molecule has 1 heterocycles. The summed E-state index contributed by atoms with van der Waals surface area (Å²) in [7, 11) is 0. The Morgan fingerprint density at radius 1 is 1.22 bits per heavy atom. The molecule has 2 fully saturated rings. The molecule has 2 amide bonds.